The third kappa shape index (κ3) is 6.57. The zero-order chi connectivity index (χ0) is 27.2. The molecule has 0 N–H and O–H groups in total. The van der Waals surface area contributed by atoms with Crippen molar-refractivity contribution in [3.63, 3.8) is 0 Å². The van der Waals surface area contributed by atoms with Gasteiger partial charge < -0.3 is 19.4 Å². The molecule has 5 rings (SSSR count). The number of hydrogen-bond acceptors (Lipinski definition) is 6. The van der Waals surface area contributed by atoms with E-state index in [2.05, 4.69) is 15.1 Å². The van der Waals surface area contributed by atoms with Gasteiger partial charge in [-0.05, 0) is 67.8 Å². The fourth-order valence-corrected chi connectivity index (χ4v) is 4.99. The number of aromatic nitrogens is 2. The van der Waals surface area contributed by atoms with Crippen LogP contribution in [0.5, 0.6) is 0 Å². The van der Waals surface area contributed by atoms with Crippen molar-refractivity contribution in [2.24, 2.45) is 0 Å². The van der Waals surface area contributed by atoms with Gasteiger partial charge in [-0.15, -0.1) is 10.2 Å². The van der Waals surface area contributed by atoms with Crippen LogP contribution in [0.1, 0.15) is 29.6 Å². The van der Waals surface area contributed by atoms with Crippen molar-refractivity contribution < 1.29 is 23.1 Å². The summed E-state index contributed by atoms with van der Waals surface area (Å²) < 4.78 is 33.3. The predicted octanol–water partition coefficient (Wildman–Crippen LogP) is 3.78. The van der Waals surface area contributed by atoms with Gasteiger partial charge in [-0.2, -0.15) is 0 Å². The number of carbonyl (C=O) groups excluding carboxylic acids is 2. The van der Waals surface area contributed by atoms with Crippen LogP contribution in [0.2, 0.25) is 0 Å². The first kappa shape index (κ1) is 26.7. The molecule has 1 aromatic heterocycles. The second-order valence-corrected chi connectivity index (χ2v) is 9.81. The van der Waals surface area contributed by atoms with Crippen LogP contribution in [-0.2, 0) is 9.53 Å². The smallest absolute Gasteiger partial charge is 0.257 e. The van der Waals surface area contributed by atoms with Crippen LogP contribution < -0.4 is 4.90 Å². The number of nitrogens with zero attached hydrogens (tertiary/aromatic N) is 5. The van der Waals surface area contributed by atoms with E-state index in [1.54, 1.807) is 23.1 Å². The van der Waals surface area contributed by atoms with Gasteiger partial charge in [-0.3, -0.25) is 9.59 Å². The zero-order valence-corrected chi connectivity index (χ0v) is 21.6. The van der Waals surface area contributed by atoms with Crippen LogP contribution in [0.4, 0.5) is 14.6 Å². The minimum atomic E-state index is -0.607. The number of carbonyl (C=O) groups is 2. The van der Waals surface area contributed by atoms with E-state index in [0.29, 0.717) is 44.3 Å². The quantitative estimate of drug-likeness (QED) is 0.458. The minimum Gasteiger partial charge on any atom is -0.376 e. The Labute approximate surface area is 226 Å². The van der Waals surface area contributed by atoms with Crippen molar-refractivity contribution >= 4 is 17.6 Å². The summed E-state index contributed by atoms with van der Waals surface area (Å²) in [5.41, 5.74) is 1.38. The van der Waals surface area contributed by atoms with Gasteiger partial charge in [0, 0.05) is 44.9 Å². The molecule has 1 unspecified atom stereocenters. The summed E-state index contributed by atoms with van der Waals surface area (Å²) >= 11 is 0. The van der Waals surface area contributed by atoms with Crippen LogP contribution in [-0.4, -0.2) is 83.8 Å². The average Bonchev–Trinajstić information content (AvgIpc) is 3.34. The lowest BCUT2D eigenvalue weighted by Gasteiger charge is -2.28. The largest absolute Gasteiger partial charge is 0.376 e. The van der Waals surface area contributed by atoms with E-state index in [9.17, 15) is 18.4 Å². The van der Waals surface area contributed by atoms with E-state index >= 15 is 0 Å². The van der Waals surface area contributed by atoms with Crippen molar-refractivity contribution in [1.82, 2.24) is 20.0 Å². The van der Waals surface area contributed by atoms with Crippen molar-refractivity contribution in [2.45, 2.75) is 25.4 Å². The third-order valence-corrected chi connectivity index (χ3v) is 7.13. The van der Waals surface area contributed by atoms with Gasteiger partial charge in [-0.25, -0.2) is 8.78 Å². The van der Waals surface area contributed by atoms with Gasteiger partial charge in [-0.1, -0.05) is 12.1 Å². The highest BCUT2D eigenvalue weighted by Crippen LogP contribution is 2.21. The second kappa shape index (κ2) is 12.3. The molecule has 2 saturated heterocycles. The molecule has 39 heavy (non-hydrogen) atoms. The van der Waals surface area contributed by atoms with Crippen LogP contribution >= 0.6 is 0 Å². The molecular weight excluding hydrogens is 504 g/mol. The van der Waals surface area contributed by atoms with Crippen molar-refractivity contribution in [2.75, 3.05) is 50.8 Å². The van der Waals surface area contributed by atoms with E-state index in [-0.39, 0.29) is 36.5 Å². The zero-order valence-electron chi connectivity index (χ0n) is 21.6. The summed E-state index contributed by atoms with van der Waals surface area (Å²) in [6.45, 7) is 2.98. The average molecular weight is 536 g/mol. The number of halogens is 2. The number of benzene rings is 2. The SMILES string of the molecule is O=C(CN(CC1CCCO1)C(=O)c1ccccc1F)N1CCCN(c2ccc(-c3ccc(F)cc3)nn2)CC1. The maximum atomic E-state index is 14.4. The Morgan fingerprint density at radius 1 is 0.923 bits per heavy atom. The highest BCUT2D eigenvalue weighted by molar-refractivity contribution is 5.96. The molecule has 0 bridgehead atoms. The van der Waals surface area contributed by atoms with Crippen molar-refractivity contribution in [3.8, 4) is 11.3 Å². The first-order chi connectivity index (χ1) is 19.0. The number of hydrogen-bond donors (Lipinski definition) is 0. The molecule has 0 saturated carbocycles. The summed E-state index contributed by atoms with van der Waals surface area (Å²) in [5, 5.41) is 8.66. The maximum absolute atomic E-state index is 14.4. The number of anilines is 1. The Bertz CT molecular complexity index is 1280. The molecule has 2 aliphatic heterocycles. The topological polar surface area (TPSA) is 78.9 Å². The van der Waals surface area contributed by atoms with Gasteiger partial charge >= 0.3 is 0 Å². The molecule has 0 radical (unpaired) electrons. The summed E-state index contributed by atoms with van der Waals surface area (Å²) in [5.74, 6) is -0.907. The van der Waals surface area contributed by atoms with Gasteiger partial charge in [0.2, 0.25) is 5.91 Å². The van der Waals surface area contributed by atoms with Crippen molar-refractivity contribution in [1.29, 1.82) is 0 Å². The summed E-state index contributed by atoms with van der Waals surface area (Å²) in [6.07, 6.45) is 2.26. The van der Waals surface area contributed by atoms with Crippen LogP contribution in [0.3, 0.4) is 0 Å². The lowest BCUT2D eigenvalue weighted by atomic mass is 10.1. The monoisotopic (exact) mass is 535 g/mol. The number of rotatable bonds is 7. The van der Waals surface area contributed by atoms with E-state index in [4.69, 9.17) is 4.74 Å². The summed E-state index contributed by atoms with van der Waals surface area (Å²) in [6, 6.07) is 15.6. The molecule has 0 aliphatic carbocycles. The molecule has 1 atom stereocenters. The third-order valence-electron chi connectivity index (χ3n) is 7.13. The minimum absolute atomic E-state index is 0.0482. The van der Waals surface area contributed by atoms with Crippen molar-refractivity contribution in [3.05, 3.63) is 77.9 Å². The van der Waals surface area contributed by atoms with Gasteiger partial charge in [0.25, 0.3) is 5.91 Å². The Hall–Kier alpha value is -3.92. The van der Waals surface area contributed by atoms with E-state index in [1.807, 2.05) is 12.1 Å². The normalized spacial score (nSPS) is 17.6. The highest BCUT2D eigenvalue weighted by Gasteiger charge is 2.29. The molecular formula is C29H31F2N5O3. The summed E-state index contributed by atoms with van der Waals surface area (Å²) in [7, 11) is 0. The molecule has 2 aromatic carbocycles. The van der Waals surface area contributed by atoms with Crippen LogP contribution in [0, 0.1) is 11.6 Å². The number of ether oxygens (including phenoxy) is 1. The Morgan fingerprint density at radius 3 is 2.46 bits per heavy atom. The maximum Gasteiger partial charge on any atom is 0.257 e. The van der Waals surface area contributed by atoms with Crippen LogP contribution in [0.15, 0.2) is 60.7 Å². The molecule has 2 fully saturated rings. The van der Waals surface area contributed by atoms with Gasteiger partial charge in [0.1, 0.15) is 18.2 Å². The lowest BCUT2D eigenvalue weighted by molar-refractivity contribution is -0.132. The molecule has 0 spiro atoms. The number of amides is 2. The Kier molecular flexibility index (Phi) is 8.41. The summed E-state index contributed by atoms with van der Waals surface area (Å²) in [4.78, 5) is 31.8. The highest BCUT2D eigenvalue weighted by atomic mass is 19.1. The Morgan fingerprint density at radius 2 is 1.74 bits per heavy atom. The van der Waals surface area contributed by atoms with Crippen LogP contribution in [0.25, 0.3) is 11.3 Å². The first-order valence-electron chi connectivity index (χ1n) is 13.3. The fraction of sp³-hybridized carbons (Fsp3) is 0.379. The van der Waals surface area contributed by atoms with Gasteiger partial charge in [0.15, 0.2) is 5.82 Å². The molecule has 8 nitrogen and oxygen atoms in total. The molecule has 2 amide bonds. The molecule has 204 valence electrons. The fourth-order valence-electron chi connectivity index (χ4n) is 4.99. The molecule has 3 aromatic rings. The van der Waals surface area contributed by atoms with E-state index in [1.165, 1.54) is 35.2 Å². The molecule has 2 aliphatic rings. The first-order valence-corrected chi connectivity index (χ1v) is 13.3. The van der Waals surface area contributed by atoms with Gasteiger partial charge in [0.05, 0.1) is 17.4 Å². The van der Waals surface area contributed by atoms with E-state index < -0.39 is 11.7 Å². The standard InChI is InChI=1S/C29H31F2N5O3/c30-22-10-8-21(9-11-22)26-12-13-27(33-32-26)34-14-4-15-35(17-16-34)28(37)20-36(19-23-5-3-18-39-23)29(38)24-6-1-2-7-25(24)31/h1-2,6-13,23H,3-5,14-20H2. The lowest BCUT2D eigenvalue weighted by Crippen LogP contribution is -2.46. The van der Waals surface area contributed by atoms with E-state index in [0.717, 1.165) is 24.8 Å². The second-order valence-electron chi connectivity index (χ2n) is 9.81. The predicted molar refractivity (Wildman–Crippen MR) is 142 cm³/mol. The molecule has 10 heteroatoms. The Balaban J connectivity index is 1.22. The molecule has 3 heterocycles.